The lowest BCUT2D eigenvalue weighted by Gasteiger charge is -2.30. The minimum atomic E-state index is 0.120. The van der Waals surface area contributed by atoms with Crippen LogP contribution in [-0.4, -0.2) is 33.2 Å². The normalized spacial score (nSPS) is 19.8. The Hall–Kier alpha value is -1.32. The number of carbonyl (C=O) groups excluding carboxylic acids is 1. The van der Waals surface area contributed by atoms with E-state index >= 15 is 0 Å². The van der Waals surface area contributed by atoms with E-state index in [-0.39, 0.29) is 5.91 Å². The summed E-state index contributed by atoms with van der Waals surface area (Å²) in [5.41, 5.74) is 1.74. The van der Waals surface area contributed by atoms with E-state index in [2.05, 4.69) is 37.7 Å². The maximum Gasteiger partial charge on any atom is 0.274 e. The molecule has 1 aliphatic heterocycles. The predicted molar refractivity (Wildman–Crippen MR) is 90.0 cm³/mol. The van der Waals surface area contributed by atoms with E-state index in [4.69, 9.17) is 0 Å². The molecule has 4 heteroatoms. The van der Waals surface area contributed by atoms with Crippen LogP contribution < -0.4 is 0 Å². The van der Waals surface area contributed by atoms with Crippen molar-refractivity contribution in [2.45, 2.75) is 71.8 Å². The average Bonchev–Trinajstić information content (AvgIpc) is 2.68. The van der Waals surface area contributed by atoms with E-state index in [0.717, 1.165) is 31.5 Å². The van der Waals surface area contributed by atoms with Crippen LogP contribution in [0.1, 0.15) is 81.9 Å². The second-order valence-corrected chi connectivity index (χ2v) is 7.36. The van der Waals surface area contributed by atoms with Crippen LogP contribution in [0.4, 0.5) is 0 Å². The van der Waals surface area contributed by atoms with Crippen molar-refractivity contribution in [3.63, 3.8) is 0 Å². The molecule has 1 atom stereocenters. The number of nitrogens with zero attached hydrogens (tertiary/aromatic N) is 3. The van der Waals surface area contributed by atoms with Gasteiger partial charge >= 0.3 is 0 Å². The van der Waals surface area contributed by atoms with Gasteiger partial charge in [0.25, 0.3) is 5.91 Å². The van der Waals surface area contributed by atoms with Crippen molar-refractivity contribution in [3.05, 3.63) is 17.5 Å². The van der Waals surface area contributed by atoms with E-state index < -0.39 is 0 Å². The molecule has 22 heavy (non-hydrogen) atoms. The molecule has 0 aliphatic carbocycles. The topological polar surface area (TPSA) is 38.1 Å². The van der Waals surface area contributed by atoms with Gasteiger partial charge in [-0.1, -0.05) is 40.5 Å². The summed E-state index contributed by atoms with van der Waals surface area (Å²) in [5, 5.41) is 4.48. The van der Waals surface area contributed by atoms with E-state index in [1.807, 2.05) is 17.8 Å². The molecule has 0 bridgehead atoms. The smallest absolute Gasteiger partial charge is 0.274 e. The third-order valence-electron chi connectivity index (χ3n) is 4.61. The second kappa shape index (κ2) is 7.30. The Kier molecular flexibility index (Phi) is 5.65. The molecule has 0 unspecified atom stereocenters. The number of carbonyl (C=O) groups is 1. The highest BCUT2D eigenvalue weighted by Gasteiger charge is 2.28. The second-order valence-electron chi connectivity index (χ2n) is 7.36. The van der Waals surface area contributed by atoms with Crippen LogP contribution in [0.2, 0.25) is 0 Å². The van der Waals surface area contributed by atoms with Crippen LogP contribution in [0.3, 0.4) is 0 Å². The first kappa shape index (κ1) is 17.0. The van der Waals surface area contributed by atoms with Crippen molar-refractivity contribution >= 4 is 5.91 Å². The number of aryl methyl sites for hydroxylation is 1. The van der Waals surface area contributed by atoms with Crippen molar-refractivity contribution in [2.24, 2.45) is 13.0 Å². The Morgan fingerprint density at radius 1 is 1.27 bits per heavy atom. The molecule has 0 spiro atoms. The fraction of sp³-hybridized carbons (Fsp3) is 0.778. The summed E-state index contributed by atoms with van der Waals surface area (Å²) in [7, 11) is 1.93. The Labute approximate surface area is 134 Å². The fourth-order valence-electron chi connectivity index (χ4n) is 3.51. The van der Waals surface area contributed by atoms with Gasteiger partial charge in [0.2, 0.25) is 0 Å². The molecule has 4 nitrogen and oxygen atoms in total. The van der Waals surface area contributed by atoms with Gasteiger partial charge < -0.3 is 4.90 Å². The van der Waals surface area contributed by atoms with E-state index in [1.165, 1.54) is 12.8 Å². The van der Waals surface area contributed by atoms with Crippen LogP contribution in [0.25, 0.3) is 0 Å². The first-order valence-corrected chi connectivity index (χ1v) is 8.75. The summed E-state index contributed by atoms with van der Waals surface area (Å²) < 4.78 is 1.85. The quantitative estimate of drug-likeness (QED) is 0.844. The van der Waals surface area contributed by atoms with Crippen molar-refractivity contribution in [1.29, 1.82) is 0 Å². The summed E-state index contributed by atoms with van der Waals surface area (Å²) >= 11 is 0. The Bertz CT molecular complexity index is 504. The standard InChI is InChI=1S/C18H31N3O/c1-13(2)11-15-9-7-6-8-10-21(15)18(22)16-12-17(14(3)4)20(5)19-16/h12-15H,6-11H2,1-5H3/t15-/m0/s1. The van der Waals surface area contributed by atoms with Crippen LogP contribution in [0, 0.1) is 5.92 Å². The highest BCUT2D eigenvalue weighted by atomic mass is 16.2. The molecular formula is C18H31N3O. The Balaban J connectivity index is 2.22. The Morgan fingerprint density at radius 2 is 2.00 bits per heavy atom. The van der Waals surface area contributed by atoms with Gasteiger partial charge in [0, 0.05) is 25.3 Å². The third kappa shape index (κ3) is 3.90. The minimum absolute atomic E-state index is 0.120. The molecule has 124 valence electrons. The average molecular weight is 305 g/mol. The van der Waals surface area contributed by atoms with Crippen molar-refractivity contribution in [2.75, 3.05) is 6.54 Å². The maximum absolute atomic E-state index is 13.0. The molecule has 0 aromatic carbocycles. The zero-order chi connectivity index (χ0) is 16.3. The van der Waals surface area contributed by atoms with Crippen LogP contribution in [0.15, 0.2) is 6.07 Å². The van der Waals surface area contributed by atoms with Gasteiger partial charge in [-0.3, -0.25) is 9.48 Å². The van der Waals surface area contributed by atoms with Gasteiger partial charge in [0.15, 0.2) is 5.69 Å². The largest absolute Gasteiger partial charge is 0.334 e. The molecule has 2 heterocycles. The first-order chi connectivity index (χ1) is 10.4. The SMILES string of the molecule is CC(C)C[C@@H]1CCCCCN1C(=O)c1cc(C(C)C)n(C)n1. The van der Waals surface area contributed by atoms with Crippen molar-refractivity contribution in [1.82, 2.24) is 14.7 Å². The number of aromatic nitrogens is 2. The molecule has 1 aliphatic rings. The molecule has 0 radical (unpaired) electrons. The Morgan fingerprint density at radius 3 is 2.59 bits per heavy atom. The van der Waals surface area contributed by atoms with Crippen LogP contribution >= 0.6 is 0 Å². The monoisotopic (exact) mass is 305 g/mol. The summed E-state index contributed by atoms with van der Waals surface area (Å²) in [6.07, 6.45) is 5.81. The van der Waals surface area contributed by atoms with Crippen molar-refractivity contribution in [3.8, 4) is 0 Å². The van der Waals surface area contributed by atoms with Crippen LogP contribution in [0.5, 0.6) is 0 Å². The summed E-state index contributed by atoms with van der Waals surface area (Å²) in [6, 6.07) is 2.35. The molecule has 2 rings (SSSR count). The van der Waals surface area contributed by atoms with Gasteiger partial charge in [-0.05, 0) is 37.2 Å². The van der Waals surface area contributed by atoms with Gasteiger partial charge in [0.1, 0.15) is 0 Å². The molecule has 1 fully saturated rings. The van der Waals surface area contributed by atoms with E-state index in [9.17, 15) is 4.79 Å². The molecule has 0 saturated carbocycles. The predicted octanol–water partition coefficient (Wildman–Crippen LogP) is 3.97. The molecule has 0 N–H and O–H groups in total. The molecular weight excluding hydrogens is 274 g/mol. The fourth-order valence-corrected chi connectivity index (χ4v) is 3.51. The van der Waals surface area contributed by atoms with Gasteiger partial charge in [-0.2, -0.15) is 5.10 Å². The molecule has 1 aromatic rings. The first-order valence-electron chi connectivity index (χ1n) is 8.75. The highest BCUT2D eigenvalue weighted by molar-refractivity contribution is 5.92. The molecule has 1 saturated heterocycles. The van der Waals surface area contributed by atoms with E-state index in [0.29, 0.717) is 23.6 Å². The maximum atomic E-state index is 13.0. The summed E-state index contributed by atoms with van der Waals surface area (Å²) in [5.74, 6) is 1.12. The lowest BCUT2D eigenvalue weighted by atomic mass is 9.98. The third-order valence-corrected chi connectivity index (χ3v) is 4.61. The van der Waals surface area contributed by atoms with E-state index in [1.54, 1.807) is 0 Å². The lowest BCUT2D eigenvalue weighted by molar-refractivity contribution is 0.0654. The zero-order valence-corrected chi connectivity index (χ0v) is 14.8. The number of hydrogen-bond donors (Lipinski definition) is 0. The van der Waals surface area contributed by atoms with Gasteiger partial charge in [-0.15, -0.1) is 0 Å². The highest BCUT2D eigenvalue weighted by Crippen LogP contribution is 2.25. The lowest BCUT2D eigenvalue weighted by Crippen LogP contribution is -2.41. The number of hydrogen-bond acceptors (Lipinski definition) is 2. The van der Waals surface area contributed by atoms with Gasteiger partial charge in [-0.25, -0.2) is 0 Å². The zero-order valence-electron chi connectivity index (χ0n) is 14.8. The number of rotatable bonds is 4. The molecule has 1 aromatic heterocycles. The number of likely N-dealkylation sites (tertiary alicyclic amines) is 1. The summed E-state index contributed by atoms with van der Waals surface area (Å²) in [6.45, 7) is 9.64. The van der Waals surface area contributed by atoms with Gasteiger partial charge in [0.05, 0.1) is 0 Å². The minimum Gasteiger partial charge on any atom is -0.334 e. The summed E-state index contributed by atoms with van der Waals surface area (Å²) in [4.78, 5) is 15.1. The van der Waals surface area contributed by atoms with Crippen molar-refractivity contribution < 1.29 is 4.79 Å². The van der Waals surface area contributed by atoms with Crippen LogP contribution in [-0.2, 0) is 7.05 Å². The molecule has 1 amide bonds. The number of amides is 1.